The second-order valence-corrected chi connectivity index (χ2v) is 6.56. The molecule has 1 heterocycles. The first-order valence-corrected chi connectivity index (χ1v) is 7.62. The van der Waals surface area contributed by atoms with Crippen LogP contribution in [0, 0.1) is 0 Å². The molecule has 19 heavy (non-hydrogen) atoms. The van der Waals surface area contributed by atoms with E-state index in [1.54, 1.807) is 0 Å². The minimum absolute atomic E-state index is 0.116. The van der Waals surface area contributed by atoms with Gasteiger partial charge >= 0.3 is 0 Å². The van der Waals surface area contributed by atoms with Crippen molar-refractivity contribution in [3.63, 3.8) is 0 Å². The molecule has 0 saturated carbocycles. The fourth-order valence-corrected chi connectivity index (χ4v) is 2.77. The van der Waals surface area contributed by atoms with Crippen LogP contribution in [0.3, 0.4) is 0 Å². The van der Waals surface area contributed by atoms with Crippen LogP contribution in [0.25, 0.3) is 0 Å². The van der Waals surface area contributed by atoms with E-state index in [4.69, 9.17) is 4.74 Å². The SMILES string of the molecule is CCNC(C)(CO)CCCCN1CCOCC1(C)C. The predicted molar refractivity (Wildman–Crippen MR) is 79.5 cm³/mol. The Morgan fingerprint density at radius 1 is 1.37 bits per heavy atom. The van der Waals surface area contributed by atoms with E-state index < -0.39 is 0 Å². The third kappa shape index (κ3) is 5.38. The first-order valence-electron chi connectivity index (χ1n) is 7.62. The van der Waals surface area contributed by atoms with Gasteiger partial charge in [-0.1, -0.05) is 13.3 Å². The van der Waals surface area contributed by atoms with E-state index >= 15 is 0 Å². The van der Waals surface area contributed by atoms with E-state index in [1.165, 1.54) is 6.42 Å². The first-order chi connectivity index (χ1) is 8.93. The molecule has 0 aromatic rings. The summed E-state index contributed by atoms with van der Waals surface area (Å²) >= 11 is 0. The van der Waals surface area contributed by atoms with Crippen LogP contribution in [0.2, 0.25) is 0 Å². The van der Waals surface area contributed by atoms with E-state index in [2.05, 4.69) is 37.9 Å². The lowest BCUT2D eigenvalue weighted by Gasteiger charge is -2.42. The van der Waals surface area contributed by atoms with Crippen molar-refractivity contribution in [2.75, 3.05) is 39.5 Å². The summed E-state index contributed by atoms with van der Waals surface area (Å²) in [6, 6.07) is 0. The molecule has 0 spiro atoms. The number of unbranched alkanes of at least 4 members (excludes halogenated alkanes) is 1. The maximum atomic E-state index is 9.46. The van der Waals surface area contributed by atoms with Crippen molar-refractivity contribution in [1.29, 1.82) is 0 Å². The van der Waals surface area contributed by atoms with Gasteiger partial charge < -0.3 is 15.2 Å². The third-order valence-corrected chi connectivity index (χ3v) is 4.18. The van der Waals surface area contributed by atoms with Crippen molar-refractivity contribution in [2.24, 2.45) is 0 Å². The Morgan fingerprint density at radius 2 is 2.11 bits per heavy atom. The van der Waals surface area contributed by atoms with E-state index in [0.717, 1.165) is 45.7 Å². The van der Waals surface area contributed by atoms with Crippen LogP contribution in [0.5, 0.6) is 0 Å². The van der Waals surface area contributed by atoms with E-state index in [9.17, 15) is 5.11 Å². The van der Waals surface area contributed by atoms with Crippen LogP contribution in [-0.2, 0) is 4.74 Å². The molecule has 1 unspecified atom stereocenters. The molecular formula is C15H32N2O2. The number of hydrogen-bond donors (Lipinski definition) is 2. The fraction of sp³-hybridized carbons (Fsp3) is 1.00. The summed E-state index contributed by atoms with van der Waals surface area (Å²) in [7, 11) is 0. The number of likely N-dealkylation sites (N-methyl/N-ethyl adjacent to an activating group) is 1. The molecule has 0 bridgehead atoms. The molecule has 4 nitrogen and oxygen atoms in total. The van der Waals surface area contributed by atoms with Crippen molar-refractivity contribution in [1.82, 2.24) is 10.2 Å². The second kappa shape index (κ2) is 7.58. The van der Waals surface area contributed by atoms with Crippen LogP contribution in [0.15, 0.2) is 0 Å². The number of rotatable bonds is 8. The molecule has 2 N–H and O–H groups in total. The topological polar surface area (TPSA) is 44.7 Å². The summed E-state index contributed by atoms with van der Waals surface area (Å²) in [5.41, 5.74) is 0.0511. The average Bonchev–Trinajstić information content (AvgIpc) is 2.36. The second-order valence-electron chi connectivity index (χ2n) is 6.56. The number of nitrogens with one attached hydrogen (secondary N) is 1. The van der Waals surface area contributed by atoms with Crippen molar-refractivity contribution in [3.8, 4) is 0 Å². The Balaban J connectivity index is 2.26. The van der Waals surface area contributed by atoms with Crippen molar-refractivity contribution in [2.45, 2.75) is 58.0 Å². The molecule has 0 aromatic carbocycles. The maximum absolute atomic E-state index is 9.46. The molecule has 0 amide bonds. The zero-order chi connectivity index (χ0) is 14.4. The molecule has 114 valence electrons. The summed E-state index contributed by atoms with van der Waals surface area (Å²) in [5, 5.41) is 12.8. The molecule has 1 aliphatic rings. The lowest BCUT2D eigenvalue weighted by molar-refractivity contribution is -0.0515. The highest BCUT2D eigenvalue weighted by molar-refractivity contribution is 4.85. The van der Waals surface area contributed by atoms with Gasteiger partial charge in [-0.25, -0.2) is 0 Å². The lowest BCUT2D eigenvalue weighted by Crippen LogP contribution is -2.53. The van der Waals surface area contributed by atoms with Crippen LogP contribution >= 0.6 is 0 Å². The number of hydrogen-bond acceptors (Lipinski definition) is 4. The van der Waals surface area contributed by atoms with Gasteiger partial charge in [0, 0.05) is 17.6 Å². The van der Waals surface area contributed by atoms with Gasteiger partial charge in [0.25, 0.3) is 0 Å². The molecule has 0 aromatic heterocycles. The predicted octanol–water partition coefficient (Wildman–Crippen LogP) is 1.63. The molecule has 4 heteroatoms. The summed E-state index contributed by atoms with van der Waals surface area (Å²) in [4.78, 5) is 2.53. The van der Waals surface area contributed by atoms with Gasteiger partial charge in [-0.3, -0.25) is 4.90 Å². The quantitative estimate of drug-likeness (QED) is 0.659. The summed E-state index contributed by atoms with van der Waals surface area (Å²) in [5.74, 6) is 0. The Kier molecular flexibility index (Phi) is 6.74. The number of ether oxygens (including phenoxy) is 1. The van der Waals surface area contributed by atoms with Gasteiger partial charge in [-0.2, -0.15) is 0 Å². The molecule has 0 aliphatic carbocycles. The zero-order valence-corrected chi connectivity index (χ0v) is 13.2. The lowest BCUT2D eigenvalue weighted by atomic mass is 9.95. The molecule has 1 atom stereocenters. The first kappa shape index (κ1) is 16.9. The van der Waals surface area contributed by atoms with Gasteiger partial charge in [0.2, 0.25) is 0 Å². The fourth-order valence-electron chi connectivity index (χ4n) is 2.77. The minimum Gasteiger partial charge on any atom is -0.394 e. The third-order valence-electron chi connectivity index (χ3n) is 4.18. The average molecular weight is 272 g/mol. The van der Waals surface area contributed by atoms with Crippen molar-refractivity contribution in [3.05, 3.63) is 0 Å². The van der Waals surface area contributed by atoms with Gasteiger partial charge in [0.1, 0.15) is 0 Å². The smallest absolute Gasteiger partial charge is 0.0645 e. The minimum atomic E-state index is -0.116. The molecule has 1 aliphatic heterocycles. The van der Waals surface area contributed by atoms with E-state index in [1.807, 2.05) is 0 Å². The maximum Gasteiger partial charge on any atom is 0.0645 e. The Hall–Kier alpha value is -0.160. The van der Waals surface area contributed by atoms with Crippen molar-refractivity contribution < 1.29 is 9.84 Å². The largest absolute Gasteiger partial charge is 0.394 e. The Labute approximate surface area is 118 Å². The molecule has 1 fully saturated rings. The molecule has 1 saturated heterocycles. The highest BCUT2D eigenvalue weighted by Crippen LogP contribution is 2.20. The van der Waals surface area contributed by atoms with Crippen LogP contribution < -0.4 is 5.32 Å². The van der Waals surface area contributed by atoms with E-state index in [-0.39, 0.29) is 17.7 Å². The van der Waals surface area contributed by atoms with Crippen LogP contribution in [0.1, 0.15) is 47.0 Å². The Bertz CT molecular complexity index is 259. The monoisotopic (exact) mass is 272 g/mol. The van der Waals surface area contributed by atoms with Gasteiger partial charge in [-0.15, -0.1) is 0 Å². The van der Waals surface area contributed by atoms with Crippen LogP contribution in [-0.4, -0.2) is 60.5 Å². The molecule has 1 rings (SSSR count). The summed E-state index contributed by atoms with van der Waals surface area (Å²) < 4.78 is 5.54. The normalized spacial score (nSPS) is 23.2. The van der Waals surface area contributed by atoms with Gasteiger partial charge in [-0.05, 0) is 46.7 Å². The number of morpholine rings is 1. The molecular weight excluding hydrogens is 240 g/mol. The number of aliphatic hydroxyl groups excluding tert-OH is 1. The van der Waals surface area contributed by atoms with Gasteiger partial charge in [0.05, 0.1) is 19.8 Å². The van der Waals surface area contributed by atoms with Crippen molar-refractivity contribution >= 4 is 0 Å². The zero-order valence-electron chi connectivity index (χ0n) is 13.2. The number of nitrogens with zero attached hydrogens (tertiary/aromatic N) is 1. The van der Waals surface area contributed by atoms with Crippen LogP contribution in [0.4, 0.5) is 0 Å². The van der Waals surface area contributed by atoms with E-state index in [0.29, 0.717) is 0 Å². The Morgan fingerprint density at radius 3 is 2.68 bits per heavy atom. The summed E-state index contributed by atoms with van der Waals surface area (Å²) in [6.07, 6.45) is 3.37. The highest BCUT2D eigenvalue weighted by Gasteiger charge is 2.30. The standard InChI is InChI=1S/C15H32N2O2/c1-5-16-15(4,12-18)8-6-7-9-17-10-11-19-13-14(17,2)3/h16,18H,5-13H2,1-4H3. The summed E-state index contributed by atoms with van der Waals surface area (Å²) in [6.45, 7) is 13.7. The van der Waals surface area contributed by atoms with Gasteiger partial charge in [0.15, 0.2) is 0 Å². The highest BCUT2D eigenvalue weighted by atomic mass is 16.5. The molecule has 0 radical (unpaired) electrons. The number of aliphatic hydroxyl groups is 1.